The Balaban J connectivity index is 0.00000338. The smallest absolute Gasteiger partial charge is 0.274 e. The molecular formula is C15H23ClN4O5S. The molecule has 1 aliphatic rings. The van der Waals surface area contributed by atoms with Gasteiger partial charge in [-0.05, 0) is 24.8 Å². The molecule has 2 rings (SSSR count). The van der Waals surface area contributed by atoms with E-state index in [0.717, 1.165) is 12.1 Å². The van der Waals surface area contributed by atoms with Crippen molar-refractivity contribution in [1.82, 2.24) is 4.90 Å². The summed E-state index contributed by atoms with van der Waals surface area (Å²) in [5.41, 5.74) is 5.36. The maximum atomic E-state index is 12.9. The van der Waals surface area contributed by atoms with Crippen LogP contribution in [0.2, 0.25) is 0 Å². The molecule has 1 aliphatic heterocycles. The summed E-state index contributed by atoms with van der Waals surface area (Å²) in [6.45, 7) is 6.07. The van der Waals surface area contributed by atoms with Gasteiger partial charge in [0.15, 0.2) is 0 Å². The van der Waals surface area contributed by atoms with Crippen LogP contribution in [0.25, 0.3) is 0 Å². The van der Waals surface area contributed by atoms with Crippen molar-refractivity contribution in [3.8, 4) is 0 Å². The number of hydrogen-bond acceptors (Lipinski definition) is 6. The summed E-state index contributed by atoms with van der Waals surface area (Å²) in [5, 5.41) is 16.3. The van der Waals surface area contributed by atoms with E-state index in [1.54, 1.807) is 4.90 Å². The van der Waals surface area contributed by atoms with E-state index in [1.165, 1.54) is 6.92 Å². The quantitative estimate of drug-likeness (QED) is 0.568. The molecule has 0 aromatic heterocycles. The summed E-state index contributed by atoms with van der Waals surface area (Å²) in [6.07, 6.45) is 0.592. The first-order chi connectivity index (χ1) is 11.3. The lowest BCUT2D eigenvalue weighted by atomic mass is 9.79. The summed E-state index contributed by atoms with van der Waals surface area (Å²) < 4.78 is 23.3. The topological polar surface area (TPSA) is 150 Å². The highest BCUT2D eigenvalue weighted by Crippen LogP contribution is 2.31. The standard InChI is InChI=1S/C15H22N4O5S.ClH/c1-9-11(6-10(25(17,23)24)7-12(9)19(21)22)14(20)18-5-4-13(16)15(2,3)8-18;/h6-7,13H,4-5,8,16H2,1-3H3,(H2,17,23,24);1H. The van der Waals surface area contributed by atoms with Gasteiger partial charge in [-0.15, -0.1) is 12.4 Å². The van der Waals surface area contributed by atoms with Gasteiger partial charge in [0.1, 0.15) is 0 Å². The Kier molecular flexibility index (Phi) is 6.41. The second kappa shape index (κ2) is 7.47. The third kappa shape index (κ3) is 4.32. The van der Waals surface area contributed by atoms with E-state index in [1.807, 2.05) is 13.8 Å². The minimum absolute atomic E-state index is 0. The van der Waals surface area contributed by atoms with E-state index >= 15 is 0 Å². The Hall–Kier alpha value is -1.75. The van der Waals surface area contributed by atoms with Gasteiger partial charge in [-0.3, -0.25) is 14.9 Å². The predicted molar refractivity (Wildman–Crippen MR) is 98.7 cm³/mol. The molecule has 1 aromatic rings. The van der Waals surface area contributed by atoms with E-state index in [0.29, 0.717) is 19.5 Å². The molecule has 1 saturated heterocycles. The monoisotopic (exact) mass is 406 g/mol. The van der Waals surface area contributed by atoms with Crippen molar-refractivity contribution in [3.05, 3.63) is 33.4 Å². The second-order valence-electron chi connectivity index (χ2n) is 7.03. The average Bonchev–Trinajstić information content (AvgIpc) is 2.48. The number of hydrogen-bond donors (Lipinski definition) is 2. The minimum Gasteiger partial charge on any atom is -0.338 e. The number of piperidine rings is 1. The van der Waals surface area contributed by atoms with Crippen LogP contribution < -0.4 is 10.9 Å². The van der Waals surface area contributed by atoms with Gasteiger partial charge in [0, 0.05) is 30.8 Å². The number of primary sulfonamides is 1. The third-order valence-corrected chi connectivity index (χ3v) is 5.60. The molecule has 1 atom stereocenters. The highest BCUT2D eigenvalue weighted by atomic mass is 35.5. The SMILES string of the molecule is Cc1c(C(=O)N2CCC(N)C(C)(C)C2)cc(S(N)(=O)=O)cc1[N+](=O)[O-].Cl. The number of rotatable bonds is 3. The Morgan fingerprint density at radius 1 is 1.38 bits per heavy atom. The van der Waals surface area contributed by atoms with Crippen molar-refractivity contribution in [3.63, 3.8) is 0 Å². The molecule has 0 spiro atoms. The van der Waals surface area contributed by atoms with Gasteiger partial charge in [0.05, 0.1) is 15.4 Å². The first kappa shape index (κ1) is 22.3. The summed E-state index contributed by atoms with van der Waals surface area (Å²) in [4.78, 5) is 24.5. The van der Waals surface area contributed by atoms with Gasteiger partial charge in [-0.2, -0.15) is 0 Å². The Morgan fingerprint density at radius 3 is 2.42 bits per heavy atom. The van der Waals surface area contributed by atoms with Crippen molar-refractivity contribution in [2.24, 2.45) is 16.3 Å². The molecule has 1 unspecified atom stereocenters. The van der Waals surface area contributed by atoms with Crippen molar-refractivity contribution in [2.45, 2.75) is 38.1 Å². The highest BCUT2D eigenvalue weighted by molar-refractivity contribution is 7.89. The fourth-order valence-corrected chi connectivity index (χ4v) is 3.52. The van der Waals surface area contributed by atoms with Gasteiger partial charge in [-0.1, -0.05) is 13.8 Å². The van der Waals surface area contributed by atoms with Gasteiger partial charge in [0.25, 0.3) is 11.6 Å². The zero-order valence-corrected chi connectivity index (χ0v) is 16.4. The fraction of sp³-hybridized carbons (Fsp3) is 0.533. The Morgan fingerprint density at radius 2 is 1.96 bits per heavy atom. The largest absolute Gasteiger partial charge is 0.338 e. The van der Waals surface area contributed by atoms with E-state index < -0.39 is 31.4 Å². The van der Waals surface area contributed by atoms with Crippen LogP contribution in [0.5, 0.6) is 0 Å². The van der Waals surface area contributed by atoms with Gasteiger partial charge in [0.2, 0.25) is 10.0 Å². The predicted octanol–water partition coefficient (Wildman–Crippen LogP) is 1.17. The Bertz CT molecular complexity index is 841. The molecule has 11 heteroatoms. The summed E-state index contributed by atoms with van der Waals surface area (Å²) >= 11 is 0. The van der Waals surface area contributed by atoms with Gasteiger partial charge < -0.3 is 10.6 Å². The van der Waals surface area contributed by atoms with Crippen molar-refractivity contribution in [1.29, 1.82) is 0 Å². The van der Waals surface area contributed by atoms with Crippen LogP contribution in [0, 0.1) is 22.5 Å². The van der Waals surface area contributed by atoms with E-state index in [-0.39, 0.29) is 35.0 Å². The highest BCUT2D eigenvalue weighted by Gasteiger charge is 2.36. The first-order valence-electron chi connectivity index (χ1n) is 7.71. The number of nitro groups is 1. The molecule has 146 valence electrons. The van der Waals surface area contributed by atoms with Crippen LogP contribution in [-0.2, 0) is 10.0 Å². The van der Waals surface area contributed by atoms with E-state index in [9.17, 15) is 23.3 Å². The van der Waals surface area contributed by atoms with Crippen molar-refractivity contribution in [2.75, 3.05) is 13.1 Å². The maximum Gasteiger partial charge on any atom is 0.274 e. The van der Waals surface area contributed by atoms with Crippen LogP contribution >= 0.6 is 12.4 Å². The molecule has 1 fully saturated rings. The normalized spacial score (nSPS) is 19.6. The second-order valence-corrected chi connectivity index (χ2v) is 8.59. The average molecular weight is 407 g/mol. The zero-order valence-electron chi connectivity index (χ0n) is 14.8. The lowest BCUT2D eigenvalue weighted by molar-refractivity contribution is -0.385. The number of benzene rings is 1. The van der Waals surface area contributed by atoms with E-state index in [2.05, 4.69) is 0 Å². The molecule has 0 saturated carbocycles. The fourth-order valence-electron chi connectivity index (χ4n) is 2.97. The van der Waals surface area contributed by atoms with Gasteiger partial charge in [-0.25, -0.2) is 13.6 Å². The summed E-state index contributed by atoms with van der Waals surface area (Å²) in [5.74, 6) is -0.467. The number of carbonyl (C=O) groups is 1. The van der Waals surface area contributed by atoms with Gasteiger partial charge >= 0.3 is 0 Å². The van der Waals surface area contributed by atoms with E-state index in [4.69, 9.17) is 10.9 Å². The molecular weight excluding hydrogens is 384 g/mol. The number of likely N-dealkylation sites (tertiary alicyclic amines) is 1. The van der Waals surface area contributed by atoms with Crippen LogP contribution in [0.15, 0.2) is 17.0 Å². The van der Waals surface area contributed by atoms with Crippen molar-refractivity contribution < 1.29 is 18.1 Å². The first-order valence-corrected chi connectivity index (χ1v) is 9.26. The number of halogens is 1. The molecule has 1 amide bonds. The number of amides is 1. The number of carbonyl (C=O) groups excluding carboxylic acids is 1. The lowest BCUT2D eigenvalue weighted by Crippen LogP contribution is -2.54. The molecule has 4 N–H and O–H groups in total. The summed E-state index contributed by atoms with van der Waals surface area (Å²) in [6, 6.07) is 1.90. The molecule has 9 nitrogen and oxygen atoms in total. The number of sulfonamides is 1. The lowest BCUT2D eigenvalue weighted by Gasteiger charge is -2.42. The number of nitro benzene ring substituents is 1. The molecule has 0 aliphatic carbocycles. The van der Waals surface area contributed by atoms with Crippen LogP contribution in [0.4, 0.5) is 5.69 Å². The number of nitrogens with zero attached hydrogens (tertiary/aromatic N) is 2. The molecule has 1 aromatic carbocycles. The van der Waals surface area contributed by atoms with Crippen LogP contribution in [-0.4, -0.2) is 43.3 Å². The summed E-state index contributed by atoms with van der Waals surface area (Å²) in [7, 11) is -4.19. The Labute approximate surface area is 158 Å². The zero-order chi connectivity index (χ0) is 19.2. The number of nitrogens with two attached hydrogens (primary N) is 2. The molecule has 26 heavy (non-hydrogen) atoms. The minimum atomic E-state index is -4.19. The molecule has 0 radical (unpaired) electrons. The molecule has 1 heterocycles. The van der Waals surface area contributed by atoms with Crippen LogP contribution in [0.3, 0.4) is 0 Å². The molecule has 0 bridgehead atoms. The van der Waals surface area contributed by atoms with Crippen molar-refractivity contribution >= 4 is 34.0 Å². The third-order valence-electron chi connectivity index (χ3n) is 4.71. The maximum absolute atomic E-state index is 12.9. The van der Waals surface area contributed by atoms with Crippen LogP contribution in [0.1, 0.15) is 36.2 Å².